The largest absolute Gasteiger partial charge is 0.345 e. The van der Waals surface area contributed by atoms with Gasteiger partial charge in [-0.2, -0.15) is 5.10 Å². The van der Waals surface area contributed by atoms with Gasteiger partial charge in [-0.05, 0) is 6.08 Å². The molecular formula is C14H17N5OS. The molecule has 3 heterocycles. The summed E-state index contributed by atoms with van der Waals surface area (Å²) in [7, 11) is 1.86. The molecule has 21 heavy (non-hydrogen) atoms. The van der Waals surface area contributed by atoms with Crippen LogP contribution in [0.1, 0.15) is 5.56 Å². The van der Waals surface area contributed by atoms with Gasteiger partial charge < -0.3 is 9.80 Å². The van der Waals surface area contributed by atoms with Crippen molar-refractivity contribution in [1.82, 2.24) is 19.7 Å². The molecule has 0 unspecified atom stereocenters. The Morgan fingerprint density at radius 3 is 2.76 bits per heavy atom. The van der Waals surface area contributed by atoms with Crippen molar-refractivity contribution in [3.8, 4) is 0 Å². The Hall–Kier alpha value is -2.15. The maximum Gasteiger partial charge on any atom is 0.246 e. The zero-order valence-corrected chi connectivity index (χ0v) is 12.7. The fraction of sp³-hybridized carbons (Fsp3) is 0.357. The third-order valence-corrected chi connectivity index (χ3v) is 4.26. The van der Waals surface area contributed by atoms with E-state index in [-0.39, 0.29) is 5.91 Å². The Morgan fingerprint density at radius 2 is 2.14 bits per heavy atom. The molecule has 6 nitrogen and oxygen atoms in total. The molecule has 0 aromatic carbocycles. The number of nitrogens with zero attached hydrogens (tertiary/aromatic N) is 5. The molecule has 1 saturated heterocycles. The molecule has 0 aliphatic carbocycles. The van der Waals surface area contributed by atoms with E-state index in [1.807, 2.05) is 35.8 Å². The maximum atomic E-state index is 12.2. The van der Waals surface area contributed by atoms with Crippen molar-refractivity contribution in [3.63, 3.8) is 0 Å². The van der Waals surface area contributed by atoms with Crippen molar-refractivity contribution < 1.29 is 4.79 Å². The summed E-state index contributed by atoms with van der Waals surface area (Å²) in [6.07, 6.45) is 8.86. The van der Waals surface area contributed by atoms with Gasteiger partial charge in [0, 0.05) is 62.6 Å². The highest BCUT2D eigenvalue weighted by Crippen LogP contribution is 2.18. The monoisotopic (exact) mass is 303 g/mol. The maximum absolute atomic E-state index is 12.2. The highest BCUT2D eigenvalue weighted by Gasteiger charge is 2.20. The van der Waals surface area contributed by atoms with E-state index in [0.29, 0.717) is 0 Å². The molecule has 0 saturated carbocycles. The topological polar surface area (TPSA) is 54.3 Å². The Labute approximate surface area is 127 Å². The average molecular weight is 303 g/mol. The number of anilines is 1. The minimum Gasteiger partial charge on any atom is -0.345 e. The van der Waals surface area contributed by atoms with Crippen molar-refractivity contribution in [2.45, 2.75) is 0 Å². The summed E-state index contributed by atoms with van der Waals surface area (Å²) in [5.41, 5.74) is 0.937. The minimum absolute atomic E-state index is 0.0534. The smallest absolute Gasteiger partial charge is 0.246 e. The van der Waals surface area contributed by atoms with Crippen molar-refractivity contribution in [2.75, 3.05) is 31.1 Å². The lowest BCUT2D eigenvalue weighted by Crippen LogP contribution is -2.48. The van der Waals surface area contributed by atoms with Crippen molar-refractivity contribution in [1.29, 1.82) is 0 Å². The highest BCUT2D eigenvalue weighted by molar-refractivity contribution is 7.13. The second-order valence-corrected chi connectivity index (χ2v) is 5.78. The van der Waals surface area contributed by atoms with Crippen LogP contribution in [0.15, 0.2) is 30.0 Å². The second-order valence-electron chi connectivity index (χ2n) is 4.91. The lowest BCUT2D eigenvalue weighted by molar-refractivity contribution is -0.126. The van der Waals surface area contributed by atoms with Gasteiger partial charge in [0.05, 0.1) is 6.20 Å². The van der Waals surface area contributed by atoms with Gasteiger partial charge in [0.1, 0.15) is 0 Å². The first-order chi connectivity index (χ1) is 10.2. The number of carbonyl (C=O) groups excluding carboxylic acids is 1. The van der Waals surface area contributed by atoms with Crippen LogP contribution < -0.4 is 4.90 Å². The van der Waals surface area contributed by atoms with Crippen LogP contribution >= 0.6 is 11.3 Å². The first-order valence-corrected chi connectivity index (χ1v) is 7.70. The predicted molar refractivity (Wildman–Crippen MR) is 83.1 cm³/mol. The Kier molecular flexibility index (Phi) is 4.01. The summed E-state index contributed by atoms with van der Waals surface area (Å²) in [5.74, 6) is 0.0534. The Morgan fingerprint density at radius 1 is 1.33 bits per heavy atom. The fourth-order valence-corrected chi connectivity index (χ4v) is 2.99. The summed E-state index contributed by atoms with van der Waals surface area (Å²) in [5, 5.41) is 7.08. The summed E-state index contributed by atoms with van der Waals surface area (Å²) < 4.78 is 1.72. The normalized spacial score (nSPS) is 15.9. The van der Waals surface area contributed by atoms with Crippen LogP contribution in [0.25, 0.3) is 6.08 Å². The second kappa shape index (κ2) is 6.09. The molecule has 2 aromatic heterocycles. The van der Waals surface area contributed by atoms with Gasteiger partial charge in [-0.25, -0.2) is 4.98 Å². The van der Waals surface area contributed by atoms with E-state index in [9.17, 15) is 4.79 Å². The molecule has 2 aromatic rings. The lowest BCUT2D eigenvalue weighted by Gasteiger charge is -2.34. The first-order valence-electron chi connectivity index (χ1n) is 6.82. The van der Waals surface area contributed by atoms with Crippen LogP contribution in [0, 0.1) is 0 Å². The van der Waals surface area contributed by atoms with E-state index in [0.717, 1.165) is 36.9 Å². The average Bonchev–Trinajstić information content (AvgIpc) is 3.16. The number of piperazine rings is 1. The van der Waals surface area contributed by atoms with Crippen LogP contribution in [0.2, 0.25) is 0 Å². The van der Waals surface area contributed by atoms with Gasteiger partial charge in [0.25, 0.3) is 0 Å². The SMILES string of the molecule is Cn1cc(/C=C\C(=O)N2CCN(c3nccs3)CC2)cn1. The van der Waals surface area contributed by atoms with Crippen molar-refractivity contribution in [2.24, 2.45) is 7.05 Å². The molecular weight excluding hydrogens is 286 g/mol. The van der Waals surface area contributed by atoms with E-state index in [4.69, 9.17) is 0 Å². The fourth-order valence-electron chi connectivity index (χ4n) is 2.29. The summed E-state index contributed by atoms with van der Waals surface area (Å²) in [6.45, 7) is 3.13. The number of rotatable bonds is 3. The Bertz CT molecular complexity index is 626. The summed E-state index contributed by atoms with van der Waals surface area (Å²) in [6, 6.07) is 0. The molecule has 0 N–H and O–H groups in total. The lowest BCUT2D eigenvalue weighted by atomic mass is 10.3. The van der Waals surface area contributed by atoms with Crippen LogP contribution in [0.3, 0.4) is 0 Å². The van der Waals surface area contributed by atoms with Gasteiger partial charge in [0.2, 0.25) is 5.91 Å². The molecule has 0 spiro atoms. The van der Waals surface area contributed by atoms with Gasteiger partial charge in [-0.1, -0.05) is 0 Å². The number of thiazole rings is 1. The number of carbonyl (C=O) groups is 1. The van der Waals surface area contributed by atoms with Crippen LogP contribution in [0.5, 0.6) is 0 Å². The first kappa shape index (κ1) is 13.8. The molecule has 1 amide bonds. The minimum atomic E-state index is 0.0534. The third kappa shape index (κ3) is 3.30. The standard InChI is InChI=1S/C14H17N5OS/c1-17-11-12(10-16-17)2-3-13(20)18-5-7-19(8-6-18)14-15-4-9-21-14/h2-4,9-11H,5-8H2,1H3/b3-2-. The molecule has 1 fully saturated rings. The zero-order chi connectivity index (χ0) is 14.7. The quantitative estimate of drug-likeness (QED) is 0.801. The third-order valence-electron chi connectivity index (χ3n) is 3.42. The van der Waals surface area contributed by atoms with Crippen molar-refractivity contribution in [3.05, 3.63) is 35.6 Å². The molecule has 0 radical (unpaired) electrons. The Balaban J connectivity index is 1.54. The van der Waals surface area contributed by atoms with Gasteiger partial charge in [0.15, 0.2) is 5.13 Å². The number of aromatic nitrogens is 3. The van der Waals surface area contributed by atoms with Crippen molar-refractivity contribution >= 4 is 28.5 Å². The molecule has 0 bridgehead atoms. The number of amides is 1. The highest BCUT2D eigenvalue weighted by atomic mass is 32.1. The van der Waals surface area contributed by atoms with Gasteiger partial charge in [-0.15, -0.1) is 11.3 Å². The molecule has 1 aliphatic rings. The van der Waals surface area contributed by atoms with Crippen LogP contribution in [0.4, 0.5) is 5.13 Å². The predicted octanol–water partition coefficient (Wildman–Crippen LogP) is 1.24. The van der Waals surface area contributed by atoms with Crippen LogP contribution in [-0.2, 0) is 11.8 Å². The van der Waals surface area contributed by atoms with E-state index in [1.54, 1.807) is 28.3 Å². The van der Waals surface area contributed by atoms with Gasteiger partial charge in [-0.3, -0.25) is 9.48 Å². The molecule has 110 valence electrons. The molecule has 0 atom stereocenters. The summed E-state index contributed by atoms with van der Waals surface area (Å²) in [4.78, 5) is 20.6. The van der Waals surface area contributed by atoms with E-state index in [1.165, 1.54) is 0 Å². The number of hydrogen-bond donors (Lipinski definition) is 0. The van der Waals surface area contributed by atoms with E-state index < -0.39 is 0 Å². The van der Waals surface area contributed by atoms with E-state index in [2.05, 4.69) is 15.0 Å². The number of aryl methyl sites for hydroxylation is 1. The van der Waals surface area contributed by atoms with E-state index >= 15 is 0 Å². The summed E-state index contributed by atoms with van der Waals surface area (Å²) >= 11 is 1.64. The molecule has 1 aliphatic heterocycles. The zero-order valence-electron chi connectivity index (χ0n) is 11.8. The van der Waals surface area contributed by atoms with Gasteiger partial charge >= 0.3 is 0 Å². The number of hydrogen-bond acceptors (Lipinski definition) is 5. The molecule has 7 heteroatoms. The van der Waals surface area contributed by atoms with Crippen LogP contribution in [-0.4, -0.2) is 51.8 Å². The molecule has 3 rings (SSSR count).